The fourth-order valence-electron chi connectivity index (χ4n) is 3.63. The smallest absolute Gasteiger partial charge is 0 e. The van der Waals surface area contributed by atoms with E-state index in [1.807, 2.05) is 12.1 Å². The van der Waals surface area contributed by atoms with E-state index in [1.165, 1.54) is 50.1 Å². The number of benzene rings is 4. The summed E-state index contributed by atoms with van der Waals surface area (Å²) in [5.41, 5.74) is 11.5. The molecule has 0 unspecified atom stereocenters. The number of hydrogen-bond donors (Lipinski definition) is 0. The van der Waals surface area contributed by atoms with E-state index >= 15 is 0 Å². The summed E-state index contributed by atoms with van der Waals surface area (Å²) in [5, 5.41) is 0. The van der Waals surface area contributed by atoms with Crippen LogP contribution in [0.5, 0.6) is 0 Å². The van der Waals surface area contributed by atoms with Crippen LogP contribution in [-0.4, -0.2) is 0 Å². The average molecular weight is 436 g/mol. The van der Waals surface area contributed by atoms with Crippen LogP contribution in [0.15, 0.2) is 84.9 Å². The van der Waals surface area contributed by atoms with Crippen LogP contribution in [0, 0.1) is 26.8 Å². The number of aryl methyl sites for hydroxylation is 3. The van der Waals surface area contributed by atoms with Gasteiger partial charge in [0.1, 0.15) is 0 Å². The van der Waals surface area contributed by atoms with Crippen LogP contribution >= 0.6 is 0 Å². The Hall–Kier alpha value is -2.02. The maximum Gasteiger partial charge on any atom is 0 e. The van der Waals surface area contributed by atoms with Crippen molar-refractivity contribution >= 4 is 0 Å². The minimum atomic E-state index is 0. The summed E-state index contributed by atoms with van der Waals surface area (Å²) in [5.74, 6) is 0. The van der Waals surface area contributed by atoms with Gasteiger partial charge in [-0.3, -0.25) is 0 Å². The van der Waals surface area contributed by atoms with Crippen molar-refractivity contribution in [3.63, 3.8) is 0 Å². The molecule has 4 rings (SSSR count). The van der Waals surface area contributed by atoms with E-state index in [0.717, 1.165) is 0 Å². The van der Waals surface area contributed by atoms with Gasteiger partial charge in [0.2, 0.25) is 0 Å². The van der Waals surface area contributed by atoms with Gasteiger partial charge in [-0.05, 0) is 59.7 Å². The molecule has 0 amide bonds. The van der Waals surface area contributed by atoms with Crippen molar-refractivity contribution < 1.29 is 32.7 Å². The monoisotopic (exact) mass is 436 g/mol. The van der Waals surface area contributed by atoms with Gasteiger partial charge in [-0.25, -0.2) is 0 Å². The van der Waals surface area contributed by atoms with Crippen molar-refractivity contribution in [2.75, 3.05) is 0 Å². The molecule has 28 heavy (non-hydrogen) atoms. The van der Waals surface area contributed by atoms with Crippen LogP contribution in [-0.2, 0) is 32.7 Å². The molecule has 135 valence electrons. The van der Waals surface area contributed by atoms with Gasteiger partial charge in [0, 0.05) is 32.7 Å². The molecule has 0 fully saturated rings. The maximum absolute atomic E-state index is 3.09. The van der Waals surface area contributed by atoms with Crippen molar-refractivity contribution in [1.29, 1.82) is 0 Å². The molecular weight excluding hydrogens is 413 g/mol. The van der Waals surface area contributed by atoms with Gasteiger partial charge in [-0.1, -0.05) is 66.2 Å². The third-order valence-electron chi connectivity index (χ3n) is 5.18. The molecule has 0 atom stereocenters. The van der Waals surface area contributed by atoms with E-state index in [0.29, 0.717) is 0 Å². The molecule has 0 saturated carbocycles. The Morgan fingerprint density at radius 2 is 0.929 bits per heavy atom. The fraction of sp³-hybridized carbons (Fsp3) is 0.111. The van der Waals surface area contributed by atoms with E-state index in [9.17, 15) is 0 Å². The van der Waals surface area contributed by atoms with Crippen LogP contribution in [0.25, 0.3) is 33.4 Å². The summed E-state index contributed by atoms with van der Waals surface area (Å²) in [6.45, 7) is 6.50. The molecule has 0 saturated heterocycles. The third-order valence-corrected chi connectivity index (χ3v) is 5.18. The predicted molar refractivity (Wildman–Crippen MR) is 116 cm³/mol. The molecule has 0 aliphatic carbocycles. The van der Waals surface area contributed by atoms with Crippen LogP contribution in [0.4, 0.5) is 0 Å². The van der Waals surface area contributed by atoms with Gasteiger partial charge in [0.15, 0.2) is 0 Å². The predicted octanol–water partition coefficient (Wildman–Crippen LogP) is 7.41. The van der Waals surface area contributed by atoms with Gasteiger partial charge in [-0.15, -0.1) is 5.56 Å². The fourth-order valence-corrected chi connectivity index (χ4v) is 3.63. The molecule has 0 aliphatic rings. The summed E-state index contributed by atoms with van der Waals surface area (Å²) in [4.78, 5) is 0. The van der Waals surface area contributed by atoms with Crippen molar-refractivity contribution in [2.24, 2.45) is 0 Å². The molecule has 0 bridgehead atoms. The first-order valence-electron chi connectivity index (χ1n) is 9.37. The zero-order chi connectivity index (χ0) is 18.8. The Bertz CT molecular complexity index is 1080. The van der Waals surface area contributed by atoms with Gasteiger partial charge in [-0.2, -0.15) is 30.3 Å². The molecule has 4 aromatic carbocycles. The van der Waals surface area contributed by atoms with Crippen molar-refractivity contribution in [2.45, 2.75) is 20.8 Å². The van der Waals surface area contributed by atoms with E-state index in [4.69, 9.17) is 0 Å². The van der Waals surface area contributed by atoms with Crippen LogP contribution < -0.4 is 0 Å². The second-order valence-corrected chi connectivity index (χ2v) is 7.21. The SMILES string of the molecule is Cc1ccc(-c2ccc(-c3ccc(-c4cc[c-]cc4)c(C)c3)cc2C)cc1.[Y]. The van der Waals surface area contributed by atoms with Crippen LogP contribution in [0.3, 0.4) is 0 Å². The molecule has 0 heterocycles. The Balaban J connectivity index is 0.00000225. The molecule has 1 radical (unpaired) electrons. The molecule has 0 spiro atoms. The Morgan fingerprint density at radius 1 is 0.500 bits per heavy atom. The average Bonchev–Trinajstić information content (AvgIpc) is 2.69. The zero-order valence-electron chi connectivity index (χ0n) is 16.7. The van der Waals surface area contributed by atoms with Gasteiger partial charge in [0.25, 0.3) is 0 Å². The minimum Gasteiger partial charge on any atom is -0.184 e. The minimum absolute atomic E-state index is 0. The molecule has 0 aromatic heterocycles. The third kappa shape index (κ3) is 4.35. The van der Waals surface area contributed by atoms with Crippen molar-refractivity contribution in [3.05, 3.63) is 108 Å². The molecule has 0 aliphatic heterocycles. The second kappa shape index (κ2) is 8.99. The second-order valence-electron chi connectivity index (χ2n) is 7.21. The summed E-state index contributed by atoms with van der Waals surface area (Å²) in [6, 6.07) is 33.5. The van der Waals surface area contributed by atoms with Gasteiger partial charge >= 0.3 is 0 Å². The standard InChI is InChI=1S/C27H23.Y/c1-19-9-11-23(12-10-19)27-16-14-25(18-21(27)3)24-13-15-26(20(2)17-24)22-7-5-4-6-8-22;/h5-18H,1-3H3;/q-1;. The van der Waals surface area contributed by atoms with E-state index in [-0.39, 0.29) is 32.7 Å². The first-order chi connectivity index (χ1) is 13.1. The Kier molecular flexibility index (Phi) is 6.65. The van der Waals surface area contributed by atoms with E-state index < -0.39 is 0 Å². The van der Waals surface area contributed by atoms with Gasteiger partial charge < -0.3 is 0 Å². The quantitative estimate of drug-likeness (QED) is 0.293. The van der Waals surface area contributed by atoms with E-state index in [1.54, 1.807) is 0 Å². The molecular formula is C27H23Y-. The largest absolute Gasteiger partial charge is 0.184 e. The Morgan fingerprint density at radius 3 is 1.39 bits per heavy atom. The molecule has 0 N–H and O–H groups in total. The molecule has 1 heteroatoms. The van der Waals surface area contributed by atoms with Crippen molar-refractivity contribution in [3.8, 4) is 33.4 Å². The summed E-state index contributed by atoms with van der Waals surface area (Å²) in [7, 11) is 0. The normalized spacial score (nSPS) is 10.4. The number of rotatable bonds is 3. The van der Waals surface area contributed by atoms with Crippen LogP contribution in [0.1, 0.15) is 16.7 Å². The summed E-state index contributed by atoms with van der Waals surface area (Å²) < 4.78 is 0. The van der Waals surface area contributed by atoms with Crippen LogP contribution in [0.2, 0.25) is 0 Å². The maximum atomic E-state index is 3.09. The molecule has 0 nitrogen and oxygen atoms in total. The first kappa shape index (κ1) is 20.7. The first-order valence-corrected chi connectivity index (χ1v) is 9.37. The topological polar surface area (TPSA) is 0 Å². The van der Waals surface area contributed by atoms with Gasteiger partial charge in [0.05, 0.1) is 0 Å². The summed E-state index contributed by atoms with van der Waals surface area (Å²) in [6.07, 6.45) is 0. The Labute approximate surface area is 193 Å². The summed E-state index contributed by atoms with van der Waals surface area (Å²) >= 11 is 0. The molecule has 4 aromatic rings. The zero-order valence-corrected chi connectivity index (χ0v) is 19.5. The van der Waals surface area contributed by atoms with Crippen molar-refractivity contribution in [1.82, 2.24) is 0 Å². The number of hydrogen-bond acceptors (Lipinski definition) is 0. The van der Waals surface area contributed by atoms with E-state index in [2.05, 4.69) is 99.6 Å².